The molecule has 1 saturated heterocycles. The van der Waals surface area contributed by atoms with Gasteiger partial charge >= 0.3 is 11.9 Å². The molecule has 0 unspecified atom stereocenters. The van der Waals surface area contributed by atoms with Crippen molar-refractivity contribution in [2.45, 2.75) is 46.8 Å². The van der Waals surface area contributed by atoms with Crippen LogP contribution < -0.4 is 14.8 Å². The summed E-state index contributed by atoms with van der Waals surface area (Å²) in [6.45, 7) is 8.87. The van der Waals surface area contributed by atoms with Crippen LogP contribution in [0.25, 0.3) is 0 Å². The highest BCUT2D eigenvalue weighted by Gasteiger charge is 2.35. The predicted octanol–water partition coefficient (Wildman–Crippen LogP) is 3.46. The Kier molecular flexibility index (Phi) is 7.67. The van der Waals surface area contributed by atoms with Crippen LogP contribution in [0, 0.1) is 13.8 Å². The second-order valence-corrected chi connectivity index (χ2v) is 9.04. The molecule has 194 valence electrons. The number of rotatable bonds is 9. The first-order chi connectivity index (χ1) is 17.2. The number of nitrogens with one attached hydrogen (secondary N) is 1. The van der Waals surface area contributed by atoms with Crippen LogP contribution in [-0.2, 0) is 17.9 Å². The number of nitrogens with zero attached hydrogens (tertiary/aromatic N) is 1. The molecule has 2 heterocycles. The van der Waals surface area contributed by atoms with Gasteiger partial charge in [-0.15, -0.1) is 0 Å². The molecule has 4 N–H and O–H groups in total. The van der Waals surface area contributed by atoms with E-state index in [0.717, 1.165) is 19.6 Å². The minimum atomic E-state index is -1.36. The Morgan fingerprint density at radius 2 is 1.83 bits per heavy atom. The molecule has 0 atom stereocenters. The number of carboxylic acids is 1. The lowest BCUT2D eigenvalue weighted by atomic mass is 10.00. The van der Waals surface area contributed by atoms with Crippen LogP contribution in [-0.4, -0.2) is 64.9 Å². The lowest BCUT2D eigenvalue weighted by Gasteiger charge is -2.20. The fraction of sp³-hybridized carbons (Fsp3) is 0.462. The number of benzene rings is 2. The average Bonchev–Trinajstić information content (AvgIpc) is 3.28. The van der Waals surface area contributed by atoms with Gasteiger partial charge in [0.15, 0.2) is 17.2 Å². The van der Waals surface area contributed by atoms with E-state index < -0.39 is 17.7 Å². The predicted molar refractivity (Wildman–Crippen MR) is 130 cm³/mol. The molecular weight excluding hydrogens is 468 g/mol. The Balaban J connectivity index is 1.77. The number of aromatic hydroxyl groups is 2. The molecule has 2 aliphatic rings. The summed E-state index contributed by atoms with van der Waals surface area (Å²) in [7, 11) is 0. The van der Waals surface area contributed by atoms with Crippen molar-refractivity contribution in [2.75, 3.05) is 32.8 Å². The Labute approximate surface area is 209 Å². The van der Waals surface area contributed by atoms with Crippen LogP contribution in [0.2, 0.25) is 0 Å². The highest BCUT2D eigenvalue weighted by Crippen LogP contribution is 2.50. The number of aromatic carboxylic acids is 1. The largest absolute Gasteiger partial charge is 0.507 e. The van der Waals surface area contributed by atoms with Gasteiger partial charge in [-0.25, -0.2) is 9.59 Å². The highest BCUT2D eigenvalue weighted by atomic mass is 16.6. The lowest BCUT2D eigenvalue weighted by molar-refractivity contribution is 0.0691. The van der Waals surface area contributed by atoms with Crippen LogP contribution in [0.4, 0.5) is 0 Å². The van der Waals surface area contributed by atoms with Gasteiger partial charge in [0, 0.05) is 31.8 Å². The van der Waals surface area contributed by atoms with Crippen LogP contribution in [0.15, 0.2) is 6.07 Å². The number of phenols is 2. The van der Waals surface area contributed by atoms with E-state index in [1.807, 2.05) is 0 Å². The van der Waals surface area contributed by atoms with Crippen molar-refractivity contribution in [3.05, 3.63) is 39.4 Å². The molecule has 2 aromatic carbocycles. The number of ether oxygens (including phenoxy) is 3. The summed E-state index contributed by atoms with van der Waals surface area (Å²) < 4.78 is 17.3. The Morgan fingerprint density at radius 1 is 1.11 bits per heavy atom. The van der Waals surface area contributed by atoms with Crippen molar-refractivity contribution in [2.24, 2.45) is 0 Å². The molecule has 0 bridgehead atoms. The van der Waals surface area contributed by atoms with E-state index in [0.29, 0.717) is 24.3 Å². The molecule has 4 rings (SSSR count). The van der Waals surface area contributed by atoms with Crippen LogP contribution in [0.1, 0.15) is 62.7 Å². The summed E-state index contributed by atoms with van der Waals surface area (Å²) >= 11 is 0. The highest BCUT2D eigenvalue weighted by molar-refractivity contribution is 6.00. The zero-order valence-electron chi connectivity index (χ0n) is 20.8. The second-order valence-electron chi connectivity index (χ2n) is 9.04. The molecule has 0 saturated carbocycles. The number of carbonyl (C=O) groups excluding carboxylic acids is 1. The molecule has 10 nitrogen and oxygen atoms in total. The fourth-order valence-electron chi connectivity index (χ4n) is 4.74. The topological polar surface area (TPSA) is 138 Å². The minimum absolute atomic E-state index is 0.00293. The smallest absolute Gasteiger partial charge is 0.347 e. The summed E-state index contributed by atoms with van der Waals surface area (Å²) in [4.78, 5) is 27.6. The van der Waals surface area contributed by atoms with Crippen molar-refractivity contribution in [3.8, 4) is 28.7 Å². The van der Waals surface area contributed by atoms with Gasteiger partial charge in [0.2, 0.25) is 0 Å². The van der Waals surface area contributed by atoms with E-state index in [2.05, 4.69) is 10.2 Å². The van der Waals surface area contributed by atoms with Crippen molar-refractivity contribution < 1.29 is 39.1 Å². The van der Waals surface area contributed by atoms with E-state index in [4.69, 9.17) is 14.2 Å². The second kappa shape index (κ2) is 10.7. The van der Waals surface area contributed by atoms with Gasteiger partial charge in [-0.2, -0.15) is 0 Å². The number of fused-ring (bicyclic) bond motifs is 2. The molecule has 0 aromatic heterocycles. The Bertz CT molecular complexity index is 1190. The van der Waals surface area contributed by atoms with Gasteiger partial charge in [0.25, 0.3) is 0 Å². The zero-order chi connectivity index (χ0) is 26.0. The molecule has 0 radical (unpaired) electrons. The van der Waals surface area contributed by atoms with Crippen LogP contribution in [0.5, 0.6) is 28.7 Å². The van der Waals surface area contributed by atoms with Gasteiger partial charge in [0.05, 0.1) is 17.7 Å². The summed E-state index contributed by atoms with van der Waals surface area (Å²) in [5.74, 6) is -2.72. The number of phenolic OH excluding ortho intramolecular Hbond substituents is 1. The van der Waals surface area contributed by atoms with Crippen molar-refractivity contribution in [1.29, 1.82) is 0 Å². The number of aryl methyl sites for hydroxylation is 1. The number of carbonyl (C=O) groups is 2. The molecule has 0 spiro atoms. The lowest BCUT2D eigenvalue weighted by Crippen LogP contribution is -2.29. The summed E-state index contributed by atoms with van der Waals surface area (Å²) in [5.41, 5.74) is 0.641. The van der Waals surface area contributed by atoms with E-state index in [1.165, 1.54) is 25.8 Å². The first-order valence-electron chi connectivity index (χ1n) is 12.1. The van der Waals surface area contributed by atoms with E-state index >= 15 is 0 Å². The number of esters is 1. The third kappa shape index (κ3) is 4.84. The number of likely N-dealkylation sites (tertiary alicyclic amines) is 1. The molecule has 0 amide bonds. The standard InChI is InChI=1S/C26H32N2O8/c1-4-34-13-17-21(30)20(25(31)32)15(3)22-24(17)36-26(33)19-14(2)11-18(29)16(23(19)35-22)12-27-7-10-28-8-5-6-9-28/h11,27,29-30H,4-10,12-13H2,1-3H3,(H,31,32). The van der Waals surface area contributed by atoms with Crippen molar-refractivity contribution in [1.82, 2.24) is 10.2 Å². The monoisotopic (exact) mass is 500 g/mol. The van der Waals surface area contributed by atoms with E-state index in [-0.39, 0.29) is 58.4 Å². The SMILES string of the molecule is CCOCc1c(O)c(C(=O)O)c(C)c2c1OC(=O)c1c(C)cc(O)c(CNCCN3CCCC3)c1O2. The normalized spacial score (nSPS) is 15.1. The minimum Gasteiger partial charge on any atom is -0.507 e. The quantitative estimate of drug-likeness (QED) is 0.230. The molecule has 1 fully saturated rings. The van der Waals surface area contributed by atoms with Crippen molar-refractivity contribution in [3.63, 3.8) is 0 Å². The van der Waals surface area contributed by atoms with E-state index in [1.54, 1.807) is 13.8 Å². The first kappa shape index (κ1) is 25.7. The number of hydrogen-bond donors (Lipinski definition) is 4. The summed E-state index contributed by atoms with van der Waals surface area (Å²) in [6.07, 6.45) is 2.39. The average molecular weight is 501 g/mol. The van der Waals surface area contributed by atoms with E-state index in [9.17, 15) is 24.9 Å². The first-order valence-corrected chi connectivity index (χ1v) is 12.1. The van der Waals surface area contributed by atoms with Crippen LogP contribution >= 0.6 is 0 Å². The molecular formula is C26H32N2O8. The van der Waals surface area contributed by atoms with Gasteiger partial charge in [-0.1, -0.05) is 0 Å². The molecule has 0 aliphatic carbocycles. The summed E-state index contributed by atoms with van der Waals surface area (Å²) in [5, 5.41) is 34.6. The van der Waals surface area contributed by atoms with Gasteiger partial charge < -0.3 is 39.7 Å². The Hall–Kier alpha value is -3.34. The number of carboxylic acid groups (broad SMARTS) is 1. The molecule has 2 aromatic rings. The van der Waals surface area contributed by atoms with Gasteiger partial charge in [0.1, 0.15) is 22.6 Å². The molecule has 10 heteroatoms. The zero-order valence-corrected chi connectivity index (χ0v) is 20.8. The third-order valence-electron chi connectivity index (χ3n) is 6.65. The Morgan fingerprint density at radius 3 is 2.50 bits per heavy atom. The maximum atomic E-state index is 13.3. The molecule has 2 aliphatic heterocycles. The maximum absolute atomic E-state index is 13.3. The van der Waals surface area contributed by atoms with Gasteiger partial charge in [-0.3, -0.25) is 0 Å². The number of hydrogen-bond acceptors (Lipinski definition) is 9. The van der Waals surface area contributed by atoms with Gasteiger partial charge in [-0.05, 0) is 58.3 Å². The molecule has 36 heavy (non-hydrogen) atoms. The fourth-order valence-corrected chi connectivity index (χ4v) is 4.74. The van der Waals surface area contributed by atoms with Crippen LogP contribution in [0.3, 0.4) is 0 Å². The van der Waals surface area contributed by atoms with Crippen molar-refractivity contribution >= 4 is 11.9 Å². The maximum Gasteiger partial charge on any atom is 0.347 e. The summed E-state index contributed by atoms with van der Waals surface area (Å²) in [6, 6.07) is 1.48. The third-order valence-corrected chi connectivity index (χ3v) is 6.65.